The minimum atomic E-state index is -3.59. The lowest BCUT2D eigenvalue weighted by Crippen LogP contribution is -2.49. The molecule has 1 N–H and O–H groups in total. The van der Waals surface area contributed by atoms with E-state index in [0.717, 1.165) is 22.9 Å². The summed E-state index contributed by atoms with van der Waals surface area (Å²) in [4.78, 5) is 28.2. The number of hydrogen-bond donors (Lipinski definition) is 1. The van der Waals surface area contributed by atoms with Crippen LogP contribution >= 0.6 is 0 Å². The molecule has 0 radical (unpaired) electrons. The van der Waals surface area contributed by atoms with Gasteiger partial charge in [0.2, 0.25) is 21.8 Å². The quantitative estimate of drug-likeness (QED) is 0.361. The summed E-state index contributed by atoms with van der Waals surface area (Å²) in [6, 6.07) is 19.9. The summed E-state index contributed by atoms with van der Waals surface area (Å²) < 4.78 is 40.2. The smallest absolute Gasteiger partial charge is 0.242 e. The van der Waals surface area contributed by atoms with Gasteiger partial charge in [-0.25, -0.2) is 12.8 Å². The van der Waals surface area contributed by atoms with Crippen LogP contribution < -0.4 is 9.62 Å². The van der Waals surface area contributed by atoms with Crippen molar-refractivity contribution in [2.45, 2.75) is 45.7 Å². The first-order valence-electron chi connectivity index (χ1n) is 12.8. The minimum Gasteiger partial charge on any atom is -0.357 e. The van der Waals surface area contributed by atoms with Crippen molar-refractivity contribution in [2.24, 2.45) is 0 Å². The van der Waals surface area contributed by atoms with Crippen molar-refractivity contribution >= 4 is 27.5 Å². The van der Waals surface area contributed by atoms with Gasteiger partial charge < -0.3 is 10.2 Å². The average molecular weight is 554 g/mol. The summed E-state index contributed by atoms with van der Waals surface area (Å²) in [5.74, 6) is -1.00. The predicted octanol–water partition coefficient (Wildman–Crippen LogP) is 4.37. The molecule has 39 heavy (non-hydrogen) atoms. The third kappa shape index (κ3) is 8.13. The van der Waals surface area contributed by atoms with Gasteiger partial charge in [-0.15, -0.1) is 0 Å². The molecule has 0 heterocycles. The fraction of sp³-hybridized carbons (Fsp3) is 0.333. The molecule has 0 aromatic heterocycles. The van der Waals surface area contributed by atoms with E-state index in [4.69, 9.17) is 0 Å². The number of rotatable bonds is 12. The predicted molar refractivity (Wildman–Crippen MR) is 152 cm³/mol. The second-order valence-electron chi connectivity index (χ2n) is 9.63. The number of carbonyl (C=O) groups is 2. The standard InChI is InChI=1S/C30H36FN3O4S/c1-22-10-8-13-27(23(22)2)34(39(4,37)38)19-9-14-29(35)33(21-25-15-17-26(31)18-16-25)28(30(36)32-3)20-24-11-6-5-7-12-24/h5-8,10-13,15-18,28H,9,14,19-21H2,1-4H3,(H,32,36)/t28-/m0/s1. The molecule has 208 valence electrons. The van der Waals surface area contributed by atoms with Gasteiger partial charge in [-0.05, 0) is 60.7 Å². The van der Waals surface area contributed by atoms with Gasteiger partial charge in [-0.3, -0.25) is 13.9 Å². The maximum atomic E-state index is 13.7. The lowest BCUT2D eigenvalue weighted by molar-refractivity contribution is -0.141. The second kappa shape index (κ2) is 13.4. The number of aryl methyl sites for hydroxylation is 1. The number of likely N-dealkylation sites (N-methyl/N-ethyl adjacent to an activating group) is 1. The molecule has 0 saturated heterocycles. The highest BCUT2D eigenvalue weighted by atomic mass is 32.2. The van der Waals surface area contributed by atoms with Crippen LogP contribution in [-0.2, 0) is 32.6 Å². The van der Waals surface area contributed by atoms with Crippen LogP contribution in [0.5, 0.6) is 0 Å². The van der Waals surface area contributed by atoms with Gasteiger partial charge in [0.25, 0.3) is 0 Å². The first kappa shape index (κ1) is 29.8. The van der Waals surface area contributed by atoms with Crippen molar-refractivity contribution in [1.82, 2.24) is 10.2 Å². The zero-order chi connectivity index (χ0) is 28.6. The van der Waals surface area contributed by atoms with E-state index >= 15 is 0 Å². The normalized spacial score (nSPS) is 12.0. The molecule has 0 fully saturated rings. The summed E-state index contributed by atoms with van der Waals surface area (Å²) in [6.07, 6.45) is 1.73. The highest BCUT2D eigenvalue weighted by molar-refractivity contribution is 7.92. The van der Waals surface area contributed by atoms with Crippen LogP contribution in [0.2, 0.25) is 0 Å². The van der Waals surface area contributed by atoms with Crippen molar-refractivity contribution in [3.8, 4) is 0 Å². The van der Waals surface area contributed by atoms with Crippen LogP contribution in [0, 0.1) is 19.7 Å². The summed E-state index contributed by atoms with van der Waals surface area (Å²) in [6.45, 7) is 4.01. The van der Waals surface area contributed by atoms with Crippen molar-refractivity contribution < 1.29 is 22.4 Å². The van der Waals surface area contributed by atoms with Crippen molar-refractivity contribution in [3.63, 3.8) is 0 Å². The first-order valence-corrected chi connectivity index (χ1v) is 14.7. The Morgan fingerprint density at radius 3 is 2.21 bits per heavy atom. The molecule has 3 aromatic rings. The molecule has 7 nitrogen and oxygen atoms in total. The van der Waals surface area contributed by atoms with E-state index in [2.05, 4.69) is 5.32 Å². The zero-order valence-electron chi connectivity index (χ0n) is 22.9. The molecular formula is C30H36FN3O4S. The van der Waals surface area contributed by atoms with Gasteiger partial charge in [0.15, 0.2) is 0 Å². The fourth-order valence-corrected chi connectivity index (χ4v) is 5.51. The summed E-state index contributed by atoms with van der Waals surface area (Å²) in [5, 5.41) is 2.66. The number of benzene rings is 3. The van der Waals surface area contributed by atoms with E-state index in [9.17, 15) is 22.4 Å². The van der Waals surface area contributed by atoms with Gasteiger partial charge in [-0.2, -0.15) is 0 Å². The molecule has 0 saturated carbocycles. The molecule has 0 aliphatic heterocycles. The van der Waals surface area contributed by atoms with Crippen molar-refractivity contribution in [2.75, 3.05) is 24.2 Å². The molecule has 2 amide bonds. The molecule has 1 atom stereocenters. The molecule has 0 bridgehead atoms. The summed E-state index contributed by atoms with van der Waals surface area (Å²) in [5.41, 5.74) is 3.98. The highest BCUT2D eigenvalue weighted by Crippen LogP contribution is 2.26. The van der Waals surface area contributed by atoms with Crippen molar-refractivity contribution in [1.29, 1.82) is 0 Å². The van der Waals surface area contributed by atoms with Gasteiger partial charge in [0.1, 0.15) is 11.9 Å². The van der Waals surface area contributed by atoms with E-state index in [1.54, 1.807) is 18.2 Å². The number of anilines is 1. The molecule has 0 aliphatic rings. The highest BCUT2D eigenvalue weighted by Gasteiger charge is 2.30. The van der Waals surface area contributed by atoms with Crippen LogP contribution in [0.25, 0.3) is 0 Å². The van der Waals surface area contributed by atoms with Crippen molar-refractivity contribution in [3.05, 3.63) is 101 Å². The molecular weight excluding hydrogens is 517 g/mol. The molecule has 0 unspecified atom stereocenters. The molecule has 0 aliphatic carbocycles. The van der Waals surface area contributed by atoms with Crippen LogP contribution in [0.1, 0.15) is 35.1 Å². The SMILES string of the molecule is CNC(=O)[C@H](Cc1ccccc1)N(Cc1ccc(F)cc1)C(=O)CCCN(c1cccc(C)c1C)S(C)(=O)=O. The van der Waals surface area contributed by atoms with Gasteiger partial charge in [-0.1, -0.05) is 54.6 Å². The molecule has 3 rings (SSSR count). The van der Waals surface area contributed by atoms with E-state index in [0.29, 0.717) is 17.7 Å². The molecule has 9 heteroatoms. The topological polar surface area (TPSA) is 86.8 Å². The Balaban J connectivity index is 1.86. The molecule has 0 spiro atoms. The van der Waals surface area contributed by atoms with E-state index < -0.39 is 21.9 Å². The Bertz CT molecular complexity index is 1380. The number of amides is 2. The number of carbonyl (C=O) groups excluding carboxylic acids is 2. The maximum Gasteiger partial charge on any atom is 0.242 e. The first-order chi connectivity index (χ1) is 18.5. The van der Waals surface area contributed by atoms with E-state index in [1.807, 2.05) is 56.3 Å². The third-order valence-electron chi connectivity index (χ3n) is 6.78. The maximum absolute atomic E-state index is 13.7. The van der Waals surface area contributed by atoms with Crippen LogP contribution in [0.4, 0.5) is 10.1 Å². The van der Waals surface area contributed by atoms with Gasteiger partial charge >= 0.3 is 0 Å². The number of nitrogens with one attached hydrogen (secondary N) is 1. The van der Waals surface area contributed by atoms with Crippen LogP contribution in [0.3, 0.4) is 0 Å². The number of hydrogen-bond acceptors (Lipinski definition) is 4. The van der Waals surface area contributed by atoms with Crippen LogP contribution in [0.15, 0.2) is 72.8 Å². The summed E-state index contributed by atoms with van der Waals surface area (Å²) >= 11 is 0. The lowest BCUT2D eigenvalue weighted by atomic mass is 10.0. The molecule has 3 aromatic carbocycles. The summed E-state index contributed by atoms with van der Waals surface area (Å²) in [7, 11) is -2.07. The van der Waals surface area contributed by atoms with E-state index in [-0.39, 0.29) is 37.7 Å². The third-order valence-corrected chi connectivity index (χ3v) is 7.96. The Kier molecular flexibility index (Phi) is 10.2. The fourth-order valence-electron chi connectivity index (χ4n) is 4.50. The second-order valence-corrected chi connectivity index (χ2v) is 11.5. The number of halogens is 1. The van der Waals surface area contributed by atoms with Gasteiger partial charge in [0.05, 0.1) is 11.9 Å². The number of sulfonamides is 1. The largest absolute Gasteiger partial charge is 0.357 e. The van der Waals surface area contributed by atoms with E-state index in [1.165, 1.54) is 28.4 Å². The Morgan fingerprint density at radius 2 is 1.59 bits per heavy atom. The minimum absolute atomic E-state index is 0.0281. The van der Waals surface area contributed by atoms with Gasteiger partial charge in [0, 0.05) is 33.0 Å². The lowest BCUT2D eigenvalue weighted by Gasteiger charge is -2.31. The number of nitrogens with zero attached hydrogens (tertiary/aromatic N) is 2. The monoisotopic (exact) mass is 553 g/mol. The Morgan fingerprint density at radius 1 is 0.923 bits per heavy atom. The zero-order valence-corrected chi connectivity index (χ0v) is 23.7. The average Bonchev–Trinajstić information content (AvgIpc) is 2.91. The Hall–Kier alpha value is -3.72. The van der Waals surface area contributed by atoms with Crippen LogP contribution in [-0.4, -0.2) is 51.0 Å². The Labute approximate surface area is 230 Å².